The van der Waals surface area contributed by atoms with Gasteiger partial charge in [0.1, 0.15) is 5.75 Å². The number of benzene rings is 2. The molecule has 0 saturated heterocycles. The molecular formula is C24H31BrN2O2S. The number of para-hydroxylation sites is 2. The van der Waals surface area contributed by atoms with Crippen molar-refractivity contribution in [3.05, 3.63) is 53.1 Å². The zero-order valence-corrected chi connectivity index (χ0v) is 21.3. The predicted molar refractivity (Wildman–Crippen MR) is 132 cm³/mol. The molecule has 0 aliphatic rings. The van der Waals surface area contributed by atoms with E-state index in [1.54, 1.807) is 0 Å². The zero-order chi connectivity index (χ0) is 21.6. The van der Waals surface area contributed by atoms with Crippen LogP contribution in [0.5, 0.6) is 5.75 Å². The van der Waals surface area contributed by atoms with Crippen LogP contribution in [-0.4, -0.2) is 26.2 Å². The van der Waals surface area contributed by atoms with E-state index in [4.69, 9.17) is 0 Å². The minimum absolute atomic E-state index is 0. The van der Waals surface area contributed by atoms with E-state index in [1.807, 2.05) is 48.0 Å². The van der Waals surface area contributed by atoms with Gasteiger partial charge >= 0.3 is 0 Å². The Hall–Kier alpha value is -1.79. The van der Waals surface area contributed by atoms with Crippen molar-refractivity contribution >= 4 is 45.6 Å². The van der Waals surface area contributed by atoms with Crippen LogP contribution in [0, 0.1) is 0 Å². The van der Waals surface area contributed by atoms with Crippen LogP contribution < -0.4 is 0 Å². The number of fused-ring (bicyclic) bond motifs is 1. The summed E-state index contributed by atoms with van der Waals surface area (Å²) in [6, 6.07) is 11.7. The summed E-state index contributed by atoms with van der Waals surface area (Å²) < 4.78 is 2.02. The zero-order valence-electron chi connectivity index (χ0n) is 18.7. The molecule has 0 aliphatic heterocycles. The summed E-state index contributed by atoms with van der Waals surface area (Å²) in [4.78, 5) is 17.7. The topological polar surface area (TPSA) is 55.1 Å². The van der Waals surface area contributed by atoms with Gasteiger partial charge in [-0.3, -0.25) is 4.79 Å². The predicted octanol–water partition coefficient (Wildman–Crippen LogP) is 6.43. The molecule has 0 saturated carbocycles. The van der Waals surface area contributed by atoms with E-state index in [1.165, 1.54) is 11.8 Å². The molecule has 3 rings (SSSR count). The molecule has 0 amide bonds. The van der Waals surface area contributed by atoms with Gasteiger partial charge in [-0.15, -0.1) is 17.0 Å². The summed E-state index contributed by atoms with van der Waals surface area (Å²) in [5.41, 5.74) is 3.72. The Balaban J connectivity index is 0.00000320. The maximum atomic E-state index is 13.1. The number of Topliss-reactive ketones (excluding diaryl/α,β-unsaturated/α-hetero) is 1. The maximum Gasteiger partial charge on any atom is 0.173 e. The Morgan fingerprint density at radius 1 is 1.03 bits per heavy atom. The SMILES string of the molecule is Br.Cn1c(SCC(=O)c2cc(C(C)(C)C)c(O)c(C(C)(C)C)c2)nc2ccccc21. The largest absolute Gasteiger partial charge is 0.507 e. The highest BCUT2D eigenvalue weighted by Gasteiger charge is 2.27. The number of hydrogen-bond donors (Lipinski definition) is 1. The van der Waals surface area contributed by atoms with Gasteiger partial charge in [0.25, 0.3) is 0 Å². The highest BCUT2D eigenvalue weighted by Crippen LogP contribution is 2.40. The molecule has 1 aromatic heterocycles. The molecule has 2 aromatic carbocycles. The smallest absolute Gasteiger partial charge is 0.173 e. The van der Waals surface area contributed by atoms with Crippen molar-refractivity contribution in [1.29, 1.82) is 0 Å². The number of phenolic OH excluding ortho intramolecular Hbond substituents is 1. The Bertz CT molecular complexity index is 1040. The van der Waals surface area contributed by atoms with Crippen LogP contribution in [0.15, 0.2) is 41.6 Å². The van der Waals surface area contributed by atoms with Gasteiger partial charge in [-0.1, -0.05) is 65.4 Å². The molecule has 3 aromatic rings. The van der Waals surface area contributed by atoms with Crippen molar-refractivity contribution in [1.82, 2.24) is 9.55 Å². The van der Waals surface area contributed by atoms with Crippen molar-refractivity contribution in [2.45, 2.75) is 57.5 Å². The first-order valence-corrected chi connectivity index (χ1v) is 10.8. The number of aryl methyl sites for hydroxylation is 1. The normalized spacial score (nSPS) is 12.1. The number of aromatic nitrogens is 2. The van der Waals surface area contributed by atoms with E-state index in [9.17, 15) is 9.90 Å². The number of hydrogen-bond acceptors (Lipinski definition) is 4. The third kappa shape index (κ3) is 4.92. The van der Waals surface area contributed by atoms with E-state index in [0.717, 1.165) is 27.3 Å². The van der Waals surface area contributed by atoms with Crippen LogP contribution in [0.1, 0.15) is 63.0 Å². The maximum absolute atomic E-state index is 13.1. The molecule has 0 fully saturated rings. The summed E-state index contributed by atoms with van der Waals surface area (Å²) in [6.45, 7) is 12.3. The van der Waals surface area contributed by atoms with E-state index in [-0.39, 0.29) is 33.6 Å². The quantitative estimate of drug-likeness (QED) is 0.338. The fourth-order valence-corrected chi connectivity index (χ4v) is 4.29. The Kier molecular flexibility index (Phi) is 7.14. The second-order valence-corrected chi connectivity index (χ2v) is 10.5. The number of nitrogens with zero attached hydrogens (tertiary/aromatic N) is 2. The van der Waals surface area contributed by atoms with Crippen molar-refractivity contribution in [3.8, 4) is 5.75 Å². The molecule has 1 N–H and O–H groups in total. The summed E-state index contributed by atoms with van der Waals surface area (Å²) >= 11 is 1.45. The van der Waals surface area contributed by atoms with Gasteiger partial charge in [0, 0.05) is 23.7 Å². The fraction of sp³-hybridized carbons (Fsp3) is 0.417. The highest BCUT2D eigenvalue weighted by molar-refractivity contribution is 8.93. The minimum atomic E-state index is -0.259. The summed E-state index contributed by atoms with van der Waals surface area (Å²) in [5.74, 6) is 0.636. The Morgan fingerprint density at radius 3 is 2.07 bits per heavy atom. The average molecular weight is 491 g/mol. The lowest BCUT2D eigenvalue weighted by Gasteiger charge is -2.28. The molecule has 162 valence electrons. The van der Waals surface area contributed by atoms with Crippen LogP contribution in [0.3, 0.4) is 0 Å². The van der Waals surface area contributed by atoms with E-state index < -0.39 is 0 Å². The second-order valence-electron chi connectivity index (χ2n) is 9.57. The van der Waals surface area contributed by atoms with Gasteiger partial charge in [-0.05, 0) is 35.1 Å². The van der Waals surface area contributed by atoms with Crippen molar-refractivity contribution in [2.75, 3.05) is 5.75 Å². The van der Waals surface area contributed by atoms with Crippen LogP contribution in [0.25, 0.3) is 11.0 Å². The standard InChI is InChI=1S/C24H30N2O2S.BrH/c1-23(2,3)16-12-15(13-17(21(16)28)24(4,5)6)20(27)14-29-22-25-18-10-8-9-11-19(18)26(22)7;/h8-13,28H,14H2,1-7H3;1H. The average Bonchev–Trinajstić information content (AvgIpc) is 2.94. The Labute approximate surface area is 193 Å². The van der Waals surface area contributed by atoms with Gasteiger partial charge in [-0.25, -0.2) is 4.98 Å². The third-order valence-corrected chi connectivity index (χ3v) is 6.16. The van der Waals surface area contributed by atoms with Crippen LogP contribution in [0.4, 0.5) is 0 Å². The Morgan fingerprint density at radius 2 is 1.57 bits per heavy atom. The first kappa shape index (κ1) is 24.5. The van der Waals surface area contributed by atoms with Gasteiger partial charge in [0.05, 0.1) is 16.8 Å². The number of thioether (sulfide) groups is 1. The molecule has 0 unspecified atom stereocenters. The summed E-state index contributed by atoms with van der Waals surface area (Å²) in [5, 5.41) is 11.7. The lowest BCUT2D eigenvalue weighted by molar-refractivity contribution is 0.102. The third-order valence-electron chi connectivity index (χ3n) is 5.13. The van der Waals surface area contributed by atoms with Gasteiger partial charge in [0.2, 0.25) is 0 Å². The molecule has 0 aliphatic carbocycles. The fourth-order valence-electron chi connectivity index (χ4n) is 3.40. The van der Waals surface area contributed by atoms with Crippen molar-refractivity contribution in [2.24, 2.45) is 7.05 Å². The van der Waals surface area contributed by atoms with Gasteiger partial charge in [0.15, 0.2) is 10.9 Å². The monoisotopic (exact) mass is 490 g/mol. The van der Waals surface area contributed by atoms with E-state index >= 15 is 0 Å². The number of carbonyl (C=O) groups is 1. The first-order valence-electron chi connectivity index (χ1n) is 9.85. The van der Waals surface area contributed by atoms with Crippen LogP contribution in [0.2, 0.25) is 0 Å². The number of halogens is 1. The number of carbonyl (C=O) groups excluding carboxylic acids is 1. The highest BCUT2D eigenvalue weighted by atomic mass is 79.9. The van der Waals surface area contributed by atoms with Gasteiger partial charge in [-0.2, -0.15) is 0 Å². The molecule has 0 bridgehead atoms. The molecular weight excluding hydrogens is 460 g/mol. The second kappa shape index (κ2) is 8.75. The number of aromatic hydroxyl groups is 1. The lowest BCUT2D eigenvalue weighted by atomic mass is 9.78. The van der Waals surface area contributed by atoms with E-state index in [0.29, 0.717) is 17.1 Å². The molecule has 0 spiro atoms. The van der Waals surface area contributed by atoms with Crippen molar-refractivity contribution in [3.63, 3.8) is 0 Å². The lowest BCUT2D eigenvalue weighted by Crippen LogP contribution is -2.19. The number of phenols is 1. The van der Waals surface area contributed by atoms with Crippen molar-refractivity contribution < 1.29 is 9.90 Å². The summed E-state index contributed by atoms with van der Waals surface area (Å²) in [6.07, 6.45) is 0. The summed E-state index contributed by atoms with van der Waals surface area (Å²) in [7, 11) is 1.97. The van der Waals surface area contributed by atoms with Gasteiger partial charge < -0.3 is 9.67 Å². The molecule has 0 radical (unpaired) electrons. The molecule has 6 heteroatoms. The first-order chi connectivity index (χ1) is 13.4. The number of imidazole rings is 1. The van der Waals surface area contributed by atoms with Crippen LogP contribution >= 0.6 is 28.7 Å². The molecule has 1 heterocycles. The molecule has 0 atom stereocenters. The van der Waals surface area contributed by atoms with Crippen LogP contribution in [-0.2, 0) is 17.9 Å². The minimum Gasteiger partial charge on any atom is -0.507 e. The number of rotatable bonds is 4. The number of ketones is 1. The molecule has 30 heavy (non-hydrogen) atoms. The molecule has 4 nitrogen and oxygen atoms in total. The van der Waals surface area contributed by atoms with E-state index in [2.05, 4.69) is 46.5 Å².